The Kier molecular flexibility index (Phi) is 6.73. The lowest BCUT2D eigenvalue weighted by atomic mass is 10.1. The van der Waals surface area contributed by atoms with Gasteiger partial charge in [-0.15, -0.1) is 0 Å². The highest BCUT2D eigenvalue weighted by molar-refractivity contribution is 7.91. The molecule has 1 N–H and O–H groups in total. The van der Waals surface area contributed by atoms with Gasteiger partial charge >= 0.3 is 0 Å². The van der Waals surface area contributed by atoms with E-state index in [1.165, 1.54) is 5.56 Å². The van der Waals surface area contributed by atoms with E-state index in [0.717, 1.165) is 40.9 Å². The van der Waals surface area contributed by atoms with Crippen molar-refractivity contribution in [1.29, 1.82) is 0 Å². The van der Waals surface area contributed by atoms with Crippen molar-refractivity contribution >= 4 is 20.9 Å². The third-order valence-electron chi connectivity index (χ3n) is 6.91. The molecule has 0 bridgehead atoms. The van der Waals surface area contributed by atoms with Crippen molar-refractivity contribution < 1.29 is 13.5 Å². The highest BCUT2D eigenvalue weighted by Crippen LogP contribution is 2.28. The molecule has 0 spiro atoms. The van der Waals surface area contributed by atoms with Crippen LogP contribution in [0, 0.1) is 0 Å². The van der Waals surface area contributed by atoms with E-state index in [2.05, 4.69) is 46.0 Å². The van der Waals surface area contributed by atoms with E-state index in [4.69, 9.17) is 4.98 Å². The van der Waals surface area contributed by atoms with Gasteiger partial charge in [-0.1, -0.05) is 18.2 Å². The summed E-state index contributed by atoms with van der Waals surface area (Å²) in [5.41, 5.74) is 4.91. The van der Waals surface area contributed by atoms with Gasteiger partial charge in [-0.3, -0.25) is 4.68 Å². The van der Waals surface area contributed by atoms with Crippen LogP contribution >= 0.6 is 0 Å². The van der Waals surface area contributed by atoms with E-state index in [0.29, 0.717) is 25.4 Å². The number of fused-ring (bicyclic) bond motifs is 1. The number of rotatable bonds is 8. The number of aromatic nitrogens is 4. The molecular formula is C26H31N5O3S. The summed E-state index contributed by atoms with van der Waals surface area (Å²) in [7, 11) is -0.761. The number of aliphatic hydroxyl groups is 1. The van der Waals surface area contributed by atoms with E-state index < -0.39 is 9.84 Å². The van der Waals surface area contributed by atoms with Crippen LogP contribution in [-0.2, 0) is 22.8 Å². The molecule has 4 heterocycles. The van der Waals surface area contributed by atoms with Crippen LogP contribution in [0.25, 0.3) is 28.0 Å². The molecule has 0 unspecified atom stereocenters. The first-order chi connectivity index (χ1) is 16.9. The van der Waals surface area contributed by atoms with E-state index in [-0.39, 0.29) is 18.1 Å². The largest absolute Gasteiger partial charge is 0.394 e. The molecule has 1 saturated heterocycles. The molecule has 1 aliphatic heterocycles. The Labute approximate surface area is 205 Å². The maximum atomic E-state index is 11.8. The minimum atomic E-state index is -2.86. The molecule has 5 rings (SSSR count). The van der Waals surface area contributed by atoms with Gasteiger partial charge in [0.2, 0.25) is 0 Å². The number of likely N-dealkylation sites (N-methyl/N-ethyl adjacent to an activating group) is 1. The van der Waals surface area contributed by atoms with Crippen molar-refractivity contribution in [2.75, 3.05) is 31.7 Å². The van der Waals surface area contributed by atoms with Gasteiger partial charge in [0.25, 0.3) is 0 Å². The molecule has 0 amide bonds. The van der Waals surface area contributed by atoms with Crippen molar-refractivity contribution in [2.45, 2.75) is 31.8 Å². The third-order valence-corrected chi connectivity index (χ3v) is 8.62. The Hall–Kier alpha value is -3.01. The molecule has 9 heteroatoms. The Morgan fingerprint density at radius 2 is 1.86 bits per heavy atom. The van der Waals surface area contributed by atoms with Crippen molar-refractivity contribution in [2.24, 2.45) is 0 Å². The lowest BCUT2D eigenvalue weighted by Crippen LogP contribution is -2.39. The Bertz CT molecular complexity index is 1400. The summed E-state index contributed by atoms with van der Waals surface area (Å²) in [6, 6.07) is 14.7. The predicted octanol–water partition coefficient (Wildman–Crippen LogP) is 2.93. The molecule has 1 fully saturated rings. The quantitative estimate of drug-likeness (QED) is 0.406. The standard InChI is InChI=1S/C26H31N5O3S/c1-29(22-10-15-35(33,34)16-11-22)12-9-20-19-31(23-5-3-2-4-6-23)26-24(20)7-8-25(28-26)21-17-27-30(18-21)13-14-32/h2-8,17-19,22,32H,9-16H2,1H3. The number of sulfone groups is 1. The molecule has 4 aromatic rings. The van der Waals surface area contributed by atoms with Gasteiger partial charge in [0.05, 0.1) is 36.5 Å². The first-order valence-corrected chi connectivity index (χ1v) is 13.9. The molecule has 3 aromatic heterocycles. The van der Waals surface area contributed by atoms with E-state index in [9.17, 15) is 13.5 Å². The van der Waals surface area contributed by atoms with Crippen LogP contribution in [0.15, 0.2) is 61.1 Å². The maximum Gasteiger partial charge on any atom is 0.150 e. The zero-order chi connectivity index (χ0) is 24.4. The highest BCUT2D eigenvalue weighted by atomic mass is 32.2. The summed E-state index contributed by atoms with van der Waals surface area (Å²) in [6.07, 6.45) is 8.12. The minimum absolute atomic E-state index is 0.0406. The second-order valence-corrected chi connectivity index (χ2v) is 11.6. The van der Waals surface area contributed by atoms with Crippen LogP contribution in [0.2, 0.25) is 0 Å². The fraction of sp³-hybridized carbons (Fsp3) is 0.385. The number of para-hydroxylation sites is 1. The summed E-state index contributed by atoms with van der Waals surface area (Å²) in [6.45, 7) is 1.35. The molecule has 8 nitrogen and oxygen atoms in total. The van der Waals surface area contributed by atoms with Crippen molar-refractivity contribution in [1.82, 2.24) is 24.2 Å². The summed E-state index contributed by atoms with van der Waals surface area (Å²) in [5, 5.41) is 14.6. The number of aliphatic hydroxyl groups excluding tert-OH is 1. The number of hydrogen-bond donors (Lipinski definition) is 1. The SMILES string of the molecule is CN(CCc1cn(-c2ccccc2)c2nc(-c3cnn(CCO)c3)ccc12)C1CCS(=O)(=O)CC1. The molecule has 1 aliphatic rings. The molecule has 0 aliphatic carbocycles. The van der Waals surface area contributed by atoms with Crippen molar-refractivity contribution in [3.8, 4) is 16.9 Å². The smallest absolute Gasteiger partial charge is 0.150 e. The van der Waals surface area contributed by atoms with Crippen LogP contribution in [-0.4, -0.2) is 75.5 Å². The molecule has 184 valence electrons. The van der Waals surface area contributed by atoms with Crippen molar-refractivity contribution in [3.63, 3.8) is 0 Å². The average Bonchev–Trinajstić information content (AvgIpc) is 3.48. The first-order valence-electron chi connectivity index (χ1n) is 12.0. The van der Waals surface area contributed by atoms with Crippen molar-refractivity contribution in [3.05, 3.63) is 66.6 Å². The lowest BCUT2D eigenvalue weighted by molar-refractivity contribution is 0.229. The fourth-order valence-corrected chi connectivity index (χ4v) is 6.30. The van der Waals surface area contributed by atoms with Gasteiger partial charge in [0.15, 0.2) is 0 Å². The molecule has 0 radical (unpaired) electrons. The van der Waals surface area contributed by atoms with E-state index in [1.807, 2.05) is 30.5 Å². The Morgan fingerprint density at radius 3 is 2.60 bits per heavy atom. The summed E-state index contributed by atoms with van der Waals surface area (Å²) in [4.78, 5) is 7.32. The fourth-order valence-electron chi connectivity index (χ4n) is 4.83. The molecule has 0 atom stereocenters. The Morgan fingerprint density at radius 1 is 1.09 bits per heavy atom. The summed E-state index contributed by atoms with van der Waals surface area (Å²) in [5.74, 6) is 0.577. The number of pyridine rings is 1. The van der Waals surface area contributed by atoms with Crippen LogP contribution < -0.4 is 0 Å². The van der Waals surface area contributed by atoms with Crippen LogP contribution in [0.4, 0.5) is 0 Å². The number of hydrogen-bond acceptors (Lipinski definition) is 6. The summed E-state index contributed by atoms with van der Waals surface area (Å²) >= 11 is 0. The maximum absolute atomic E-state index is 11.8. The molecular weight excluding hydrogens is 462 g/mol. The predicted molar refractivity (Wildman–Crippen MR) is 137 cm³/mol. The molecule has 35 heavy (non-hydrogen) atoms. The second-order valence-electron chi connectivity index (χ2n) is 9.26. The summed E-state index contributed by atoms with van der Waals surface area (Å²) < 4.78 is 27.5. The van der Waals surface area contributed by atoms with E-state index >= 15 is 0 Å². The van der Waals surface area contributed by atoms with Gasteiger partial charge in [-0.2, -0.15) is 5.10 Å². The monoisotopic (exact) mass is 493 g/mol. The first kappa shape index (κ1) is 23.7. The topological polar surface area (TPSA) is 93.2 Å². The van der Waals surface area contributed by atoms with E-state index in [1.54, 1.807) is 10.9 Å². The van der Waals surface area contributed by atoms with Gasteiger partial charge in [-0.25, -0.2) is 13.4 Å². The second kappa shape index (κ2) is 9.93. The zero-order valence-electron chi connectivity index (χ0n) is 19.9. The van der Waals surface area contributed by atoms with Crippen LogP contribution in [0.3, 0.4) is 0 Å². The zero-order valence-corrected chi connectivity index (χ0v) is 20.7. The molecule has 0 saturated carbocycles. The number of benzene rings is 1. The Balaban J connectivity index is 1.44. The van der Waals surface area contributed by atoms with Crippen LogP contribution in [0.1, 0.15) is 18.4 Å². The minimum Gasteiger partial charge on any atom is -0.394 e. The highest BCUT2D eigenvalue weighted by Gasteiger charge is 2.26. The van der Waals surface area contributed by atoms with Gasteiger partial charge in [0, 0.05) is 41.6 Å². The third kappa shape index (κ3) is 5.17. The molecule has 1 aromatic carbocycles. The van der Waals surface area contributed by atoms with Gasteiger partial charge in [-0.05, 0) is 56.1 Å². The normalized spacial score (nSPS) is 16.3. The lowest BCUT2D eigenvalue weighted by Gasteiger charge is -2.31. The number of nitrogens with zero attached hydrogens (tertiary/aromatic N) is 5. The van der Waals surface area contributed by atoms with Crippen LogP contribution in [0.5, 0.6) is 0 Å². The average molecular weight is 494 g/mol. The van der Waals surface area contributed by atoms with Gasteiger partial charge in [0.1, 0.15) is 15.5 Å². The van der Waals surface area contributed by atoms with Gasteiger partial charge < -0.3 is 14.6 Å².